The summed E-state index contributed by atoms with van der Waals surface area (Å²) >= 11 is 3.35. The Morgan fingerprint density at radius 3 is 2.67 bits per heavy atom. The Bertz CT molecular complexity index is 547. The molecule has 1 aliphatic heterocycles. The topological polar surface area (TPSA) is 76.6 Å². The van der Waals surface area contributed by atoms with Crippen molar-refractivity contribution in [3.05, 3.63) is 16.9 Å². The molecule has 1 aromatic rings. The van der Waals surface area contributed by atoms with Crippen LogP contribution in [-0.4, -0.2) is 54.0 Å². The van der Waals surface area contributed by atoms with E-state index < -0.39 is 11.7 Å². The van der Waals surface area contributed by atoms with Gasteiger partial charge in [0.25, 0.3) is 0 Å². The van der Waals surface area contributed by atoms with Crippen molar-refractivity contribution in [2.24, 2.45) is 0 Å². The van der Waals surface area contributed by atoms with Gasteiger partial charge in [0.05, 0.1) is 16.6 Å². The molecule has 0 radical (unpaired) electrons. The smallest absolute Gasteiger partial charge is 0.407 e. The van der Waals surface area contributed by atoms with Crippen LogP contribution >= 0.6 is 15.9 Å². The van der Waals surface area contributed by atoms with Gasteiger partial charge in [-0.05, 0) is 49.5 Å². The molecular formula is C16H25BrN4O3. The van der Waals surface area contributed by atoms with Gasteiger partial charge in [-0.2, -0.15) is 0 Å². The van der Waals surface area contributed by atoms with Crippen LogP contribution in [0.2, 0.25) is 0 Å². The van der Waals surface area contributed by atoms with Gasteiger partial charge in [-0.15, -0.1) is 0 Å². The van der Waals surface area contributed by atoms with E-state index in [0.29, 0.717) is 12.5 Å². The number of halogens is 1. The lowest BCUT2D eigenvalue weighted by Gasteiger charge is -2.39. The summed E-state index contributed by atoms with van der Waals surface area (Å²) < 4.78 is 11.6. The minimum absolute atomic E-state index is 0.0531. The van der Waals surface area contributed by atoms with E-state index in [9.17, 15) is 4.79 Å². The molecule has 2 unspecified atom stereocenters. The van der Waals surface area contributed by atoms with E-state index in [2.05, 4.69) is 36.1 Å². The fraction of sp³-hybridized carbons (Fsp3) is 0.688. The Hall–Kier alpha value is -1.41. The zero-order chi connectivity index (χ0) is 17.7. The molecular weight excluding hydrogens is 376 g/mol. The zero-order valence-corrected chi connectivity index (χ0v) is 16.2. The number of aromatic nitrogens is 2. The molecule has 2 rings (SSSR count). The number of nitrogens with zero attached hydrogens (tertiary/aromatic N) is 3. The lowest BCUT2D eigenvalue weighted by molar-refractivity contribution is 0.0491. The molecule has 24 heavy (non-hydrogen) atoms. The molecule has 134 valence electrons. The molecule has 1 aromatic heterocycles. The van der Waals surface area contributed by atoms with Crippen LogP contribution in [0.5, 0.6) is 0 Å². The van der Waals surface area contributed by atoms with Crippen LogP contribution in [0.25, 0.3) is 0 Å². The first kappa shape index (κ1) is 18.9. The van der Waals surface area contributed by atoms with Gasteiger partial charge < -0.3 is 19.7 Å². The average molecular weight is 401 g/mol. The van der Waals surface area contributed by atoms with Crippen LogP contribution in [0.3, 0.4) is 0 Å². The van der Waals surface area contributed by atoms with Crippen molar-refractivity contribution in [2.45, 2.75) is 51.4 Å². The number of hydrogen-bond donors (Lipinski definition) is 1. The minimum Gasteiger partial charge on any atom is -0.444 e. The molecule has 0 aliphatic carbocycles. The van der Waals surface area contributed by atoms with Crippen LogP contribution < -0.4 is 10.2 Å². The molecule has 0 saturated carbocycles. The van der Waals surface area contributed by atoms with Gasteiger partial charge in [-0.3, -0.25) is 0 Å². The second-order valence-electron chi connectivity index (χ2n) is 6.81. The predicted molar refractivity (Wildman–Crippen MR) is 95.1 cm³/mol. The van der Waals surface area contributed by atoms with Crippen molar-refractivity contribution < 1.29 is 14.3 Å². The van der Waals surface area contributed by atoms with E-state index in [4.69, 9.17) is 9.47 Å². The van der Waals surface area contributed by atoms with Crippen molar-refractivity contribution in [3.63, 3.8) is 0 Å². The second-order valence-corrected chi connectivity index (χ2v) is 7.73. The van der Waals surface area contributed by atoms with Crippen LogP contribution in [0.1, 0.15) is 33.6 Å². The molecule has 0 aromatic carbocycles. The quantitative estimate of drug-likeness (QED) is 0.836. The number of piperidine rings is 1. The van der Waals surface area contributed by atoms with Crippen molar-refractivity contribution in [3.8, 4) is 0 Å². The van der Waals surface area contributed by atoms with Gasteiger partial charge in [0.1, 0.15) is 5.60 Å². The number of nitrogens with one attached hydrogen (secondary N) is 1. The normalized spacial score (nSPS) is 21.5. The number of anilines is 1. The monoisotopic (exact) mass is 400 g/mol. The molecule has 0 bridgehead atoms. The summed E-state index contributed by atoms with van der Waals surface area (Å²) in [5, 5.41) is 2.84. The maximum Gasteiger partial charge on any atom is 0.407 e. The SMILES string of the molecule is COC1CCN(c2ncc(Br)cn2)C(CNC(=O)OC(C)(C)C)C1. The van der Waals surface area contributed by atoms with Crippen molar-refractivity contribution in [1.29, 1.82) is 0 Å². The van der Waals surface area contributed by atoms with Crippen LogP contribution in [0.4, 0.5) is 10.7 Å². The first-order valence-electron chi connectivity index (χ1n) is 8.02. The number of rotatable bonds is 4. The lowest BCUT2D eigenvalue weighted by atomic mass is 9.99. The summed E-state index contributed by atoms with van der Waals surface area (Å²) in [6.07, 6.45) is 4.90. The number of ether oxygens (including phenoxy) is 2. The maximum absolute atomic E-state index is 11.9. The molecule has 7 nitrogen and oxygen atoms in total. The summed E-state index contributed by atoms with van der Waals surface area (Å²) in [5.74, 6) is 0.656. The van der Waals surface area contributed by atoms with Gasteiger partial charge in [-0.1, -0.05) is 0 Å². The molecule has 1 aliphatic rings. The predicted octanol–water partition coefficient (Wildman–Crippen LogP) is 2.75. The van der Waals surface area contributed by atoms with Gasteiger partial charge >= 0.3 is 6.09 Å². The maximum atomic E-state index is 11.9. The average Bonchev–Trinajstić information content (AvgIpc) is 2.52. The fourth-order valence-corrected chi connectivity index (χ4v) is 2.86. The largest absolute Gasteiger partial charge is 0.444 e. The standard InChI is InChI=1S/C16H25BrN4O3/c1-16(2,3)24-15(22)20-10-12-7-13(23-4)5-6-21(12)14-18-8-11(17)9-19-14/h8-9,12-13H,5-7,10H2,1-4H3,(H,20,22). The van der Waals surface area contributed by atoms with E-state index in [1.807, 2.05) is 20.8 Å². The summed E-state index contributed by atoms with van der Waals surface area (Å²) in [6.45, 7) is 6.76. The third kappa shape index (κ3) is 5.59. The molecule has 1 N–H and O–H groups in total. The molecule has 1 fully saturated rings. The van der Waals surface area contributed by atoms with E-state index >= 15 is 0 Å². The summed E-state index contributed by atoms with van der Waals surface area (Å²) in [7, 11) is 1.72. The Morgan fingerprint density at radius 1 is 1.42 bits per heavy atom. The highest BCUT2D eigenvalue weighted by Crippen LogP contribution is 2.24. The van der Waals surface area contributed by atoms with Gasteiger partial charge in [0.2, 0.25) is 5.95 Å². The van der Waals surface area contributed by atoms with Gasteiger partial charge in [0, 0.05) is 32.6 Å². The van der Waals surface area contributed by atoms with E-state index in [1.165, 1.54) is 0 Å². The first-order chi connectivity index (χ1) is 11.3. The molecule has 1 saturated heterocycles. The Labute approximate surface area is 151 Å². The summed E-state index contributed by atoms with van der Waals surface area (Å²) in [5.41, 5.74) is -0.514. The Kier molecular flexibility index (Phi) is 6.40. The summed E-state index contributed by atoms with van der Waals surface area (Å²) in [4.78, 5) is 22.8. The van der Waals surface area contributed by atoms with Gasteiger partial charge in [0.15, 0.2) is 0 Å². The number of alkyl carbamates (subject to hydrolysis) is 1. The second kappa shape index (κ2) is 8.11. The van der Waals surface area contributed by atoms with Gasteiger partial charge in [-0.25, -0.2) is 14.8 Å². The lowest BCUT2D eigenvalue weighted by Crippen LogP contribution is -2.51. The highest BCUT2D eigenvalue weighted by Gasteiger charge is 2.30. The van der Waals surface area contributed by atoms with Crippen LogP contribution in [0, 0.1) is 0 Å². The number of hydrogen-bond acceptors (Lipinski definition) is 6. The molecule has 1 amide bonds. The van der Waals surface area contributed by atoms with E-state index in [-0.39, 0.29) is 12.1 Å². The number of carbonyl (C=O) groups is 1. The molecule has 2 atom stereocenters. The third-order valence-corrected chi connectivity index (χ3v) is 4.16. The van der Waals surface area contributed by atoms with Crippen molar-refractivity contribution in [2.75, 3.05) is 25.1 Å². The van der Waals surface area contributed by atoms with Crippen LogP contribution in [-0.2, 0) is 9.47 Å². The number of methoxy groups -OCH3 is 1. The number of carbonyl (C=O) groups excluding carboxylic acids is 1. The van der Waals surface area contributed by atoms with E-state index in [1.54, 1.807) is 19.5 Å². The highest BCUT2D eigenvalue weighted by atomic mass is 79.9. The third-order valence-electron chi connectivity index (χ3n) is 3.75. The zero-order valence-electron chi connectivity index (χ0n) is 14.6. The van der Waals surface area contributed by atoms with E-state index in [0.717, 1.165) is 23.9 Å². The molecule has 0 spiro atoms. The fourth-order valence-electron chi connectivity index (χ4n) is 2.65. The highest BCUT2D eigenvalue weighted by molar-refractivity contribution is 9.10. The Balaban J connectivity index is 2.03. The first-order valence-corrected chi connectivity index (χ1v) is 8.81. The molecule has 2 heterocycles. The summed E-state index contributed by atoms with van der Waals surface area (Å²) in [6, 6.07) is 0.0531. The van der Waals surface area contributed by atoms with Crippen LogP contribution in [0.15, 0.2) is 16.9 Å². The molecule has 8 heteroatoms. The van der Waals surface area contributed by atoms with Crippen molar-refractivity contribution in [1.82, 2.24) is 15.3 Å². The minimum atomic E-state index is -0.514. The number of amides is 1. The Morgan fingerprint density at radius 2 is 2.08 bits per heavy atom. The van der Waals surface area contributed by atoms with Crippen molar-refractivity contribution >= 4 is 28.0 Å².